The zero-order valence-corrected chi connectivity index (χ0v) is 35.3. The van der Waals surface area contributed by atoms with E-state index in [0.29, 0.717) is 111 Å². The summed E-state index contributed by atoms with van der Waals surface area (Å²) in [7, 11) is 0. The van der Waals surface area contributed by atoms with E-state index in [4.69, 9.17) is 15.0 Å². The van der Waals surface area contributed by atoms with Crippen LogP contribution in [0.3, 0.4) is 0 Å². The first-order valence-corrected chi connectivity index (χ1v) is 21.1. The number of fused-ring (bicyclic) bond motifs is 6. The van der Waals surface area contributed by atoms with E-state index in [9.17, 15) is 21.0 Å². The fourth-order valence-electron chi connectivity index (χ4n) is 9.00. The summed E-state index contributed by atoms with van der Waals surface area (Å²) >= 11 is 0. The molecule has 0 aliphatic heterocycles. The maximum absolute atomic E-state index is 15.2. The third kappa shape index (κ3) is 6.82. The SMILES string of the molecule is N#Cc1ccc2c(c1)c1cc(C#N)ccc1n2-c1ccc(-c2nc(-c3ccccc3)nc(-c3ccccc3)n2)c(-c2cc(C(F)(F)F)ccc2-n2c3ccc(C#N)cc3c3cc(C#N)ccc32)c1. The van der Waals surface area contributed by atoms with E-state index < -0.39 is 11.7 Å². The Hall–Kier alpha value is -9.88. The molecule has 11 aromatic rings. The van der Waals surface area contributed by atoms with Crippen molar-refractivity contribution < 1.29 is 13.2 Å². The van der Waals surface area contributed by atoms with Crippen molar-refractivity contribution in [3.8, 4) is 80.9 Å². The molecule has 3 heterocycles. The van der Waals surface area contributed by atoms with Crippen LogP contribution in [0.15, 0.2) is 170 Å². The molecule has 0 atom stereocenters. The van der Waals surface area contributed by atoms with Gasteiger partial charge in [0.2, 0.25) is 0 Å². The number of alkyl halides is 3. The van der Waals surface area contributed by atoms with Crippen LogP contribution in [-0.2, 0) is 6.18 Å². The fourth-order valence-corrected chi connectivity index (χ4v) is 9.00. The van der Waals surface area contributed by atoms with E-state index in [-0.39, 0.29) is 11.4 Å². The molecule has 0 aliphatic carbocycles. The van der Waals surface area contributed by atoms with Crippen molar-refractivity contribution in [3.05, 3.63) is 198 Å². The topological polar surface area (TPSA) is 144 Å². The highest BCUT2D eigenvalue weighted by atomic mass is 19.4. The minimum absolute atomic E-state index is 0.173. The van der Waals surface area contributed by atoms with Crippen LogP contribution >= 0.6 is 0 Å². The van der Waals surface area contributed by atoms with Crippen LogP contribution < -0.4 is 0 Å². The van der Waals surface area contributed by atoms with Gasteiger partial charge in [-0.25, -0.2) is 15.0 Å². The summed E-state index contributed by atoms with van der Waals surface area (Å²) in [5.41, 5.74) is 6.46. The summed E-state index contributed by atoms with van der Waals surface area (Å²) in [6.07, 6.45) is -4.76. The molecule has 68 heavy (non-hydrogen) atoms. The van der Waals surface area contributed by atoms with Crippen molar-refractivity contribution in [2.75, 3.05) is 0 Å². The van der Waals surface area contributed by atoms with Gasteiger partial charge < -0.3 is 9.13 Å². The number of aromatic nitrogens is 5. The van der Waals surface area contributed by atoms with E-state index in [2.05, 4.69) is 24.3 Å². The van der Waals surface area contributed by atoms with Crippen LogP contribution in [0.1, 0.15) is 27.8 Å². The first-order valence-electron chi connectivity index (χ1n) is 21.1. The van der Waals surface area contributed by atoms with Crippen LogP contribution in [0.5, 0.6) is 0 Å². The highest BCUT2D eigenvalue weighted by Crippen LogP contribution is 2.44. The Morgan fingerprint density at radius 1 is 0.382 bits per heavy atom. The number of nitrogens with zero attached hydrogens (tertiary/aromatic N) is 9. The molecule has 0 fully saturated rings. The summed E-state index contributed by atoms with van der Waals surface area (Å²) in [5.74, 6) is 0.894. The van der Waals surface area contributed by atoms with Gasteiger partial charge in [-0.2, -0.15) is 34.2 Å². The van der Waals surface area contributed by atoms with Crippen LogP contribution in [0.2, 0.25) is 0 Å². The van der Waals surface area contributed by atoms with Gasteiger partial charge in [0.05, 0.1) is 79.8 Å². The molecule has 0 spiro atoms. The molecule has 11 rings (SSSR count). The lowest BCUT2D eigenvalue weighted by Crippen LogP contribution is -2.08. The van der Waals surface area contributed by atoms with Crippen LogP contribution in [0.25, 0.3) is 100 Å². The molecule has 0 amide bonds. The molecule has 8 aromatic carbocycles. The van der Waals surface area contributed by atoms with E-state index in [1.807, 2.05) is 94.1 Å². The van der Waals surface area contributed by atoms with Crippen molar-refractivity contribution in [1.82, 2.24) is 24.1 Å². The Morgan fingerprint density at radius 3 is 1.24 bits per heavy atom. The third-order valence-corrected chi connectivity index (χ3v) is 12.1. The lowest BCUT2D eigenvalue weighted by atomic mass is 9.94. The summed E-state index contributed by atoms with van der Waals surface area (Å²) in [6, 6.07) is 57.4. The molecule has 0 radical (unpaired) electrons. The maximum Gasteiger partial charge on any atom is 0.416 e. The first kappa shape index (κ1) is 40.9. The van der Waals surface area contributed by atoms with Crippen LogP contribution in [0, 0.1) is 45.3 Å². The van der Waals surface area contributed by atoms with Gasteiger partial charge in [0, 0.05) is 49.5 Å². The molecule has 0 N–H and O–H groups in total. The third-order valence-electron chi connectivity index (χ3n) is 12.1. The standard InChI is InChI=1S/C56H28F3N9/c57-56(58,59)39-15-22-52(68-50-20-13-35(31-62)25-45(50)46-26-36(32-63)14-21-51(46)68)47(27-39)42-28-40(67-48-18-11-33(29-60)23-43(48)44-24-34(30-61)12-19-49(44)67)16-17-41(42)55-65-53(37-7-3-1-4-8-37)64-54(66-55)38-9-5-2-6-10-38/h1-28H. The Morgan fingerprint density at radius 2 is 0.809 bits per heavy atom. The average Bonchev–Trinajstić information content (AvgIpc) is 3.89. The Bertz CT molecular complexity index is 3870. The second-order valence-electron chi connectivity index (χ2n) is 16.0. The minimum Gasteiger partial charge on any atom is -0.309 e. The van der Waals surface area contributed by atoms with Gasteiger partial charge >= 0.3 is 6.18 Å². The normalized spacial score (nSPS) is 11.4. The summed E-state index contributed by atoms with van der Waals surface area (Å²) in [6.45, 7) is 0. The maximum atomic E-state index is 15.2. The average molecular weight is 884 g/mol. The lowest BCUT2D eigenvalue weighted by molar-refractivity contribution is -0.137. The van der Waals surface area contributed by atoms with E-state index in [1.54, 1.807) is 66.7 Å². The van der Waals surface area contributed by atoms with Crippen molar-refractivity contribution in [2.24, 2.45) is 0 Å². The van der Waals surface area contributed by atoms with Gasteiger partial charge in [-0.05, 0) is 115 Å². The number of halogens is 3. The van der Waals surface area contributed by atoms with Gasteiger partial charge in [0.25, 0.3) is 0 Å². The van der Waals surface area contributed by atoms with Gasteiger partial charge in [-0.3, -0.25) is 0 Å². The van der Waals surface area contributed by atoms with Crippen LogP contribution in [-0.4, -0.2) is 24.1 Å². The monoisotopic (exact) mass is 883 g/mol. The van der Waals surface area contributed by atoms with Gasteiger partial charge in [0.15, 0.2) is 17.5 Å². The van der Waals surface area contributed by atoms with Crippen LogP contribution in [0.4, 0.5) is 13.2 Å². The largest absolute Gasteiger partial charge is 0.416 e. The molecule has 0 bridgehead atoms. The molecule has 0 saturated heterocycles. The summed E-state index contributed by atoms with van der Waals surface area (Å²) in [4.78, 5) is 15.0. The summed E-state index contributed by atoms with van der Waals surface area (Å²) in [5, 5.41) is 42.4. The zero-order valence-electron chi connectivity index (χ0n) is 35.3. The van der Waals surface area contributed by atoms with E-state index in [0.717, 1.165) is 12.1 Å². The smallest absolute Gasteiger partial charge is 0.309 e. The number of rotatable bonds is 6. The quantitative estimate of drug-likeness (QED) is 0.162. The van der Waals surface area contributed by atoms with Gasteiger partial charge in [-0.1, -0.05) is 60.7 Å². The molecular formula is C56H28F3N9. The Balaban J connectivity index is 1.28. The highest BCUT2D eigenvalue weighted by Gasteiger charge is 2.33. The molecule has 3 aromatic heterocycles. The second kappa shape index (κ2) is 16.0. The number of benzene rings is 8. The van der Waals surface area contributed by atoms with Gasteiger partial charge in [-0.15, -0.1) is 0 Å². The number of hydrogen-bond donors (Lipinski definition) is 0. The number of nitriles is 4. The molecular weight excluding hydrogens is 856 g/mol. The first-order chi connectivity index (χ1) is 33.1. The summed E-state index contributed by atoms with van der Waals surface area (Å²) < 4.78 is 49.3. The second-order valence-corrected chi connectivity index (χ2v) is 16.0. The zero-order chi connectivity index (χ0) is 46.7. The predicted molar refractivity (Wildman–Crippen MR) is 254 cm³/mol. The van der Waals surface area contributed by atoms with Gasteiger partial charge in [0.1, 0.15) is 0 Å². The van der Waals surface area contributed by atoms with Crippen molar-refractivity contribution >= 4 is 43.6 Å². The molecule has 9 nitrogen and oxygen atoms in total. The van der Waals surface area contributed by atoms with Crippen molar-refractivity contribution in [3.63, 3.8) is 0 Å². The lowest BCUT2D eigenvalue weighted by Gasteiger charge is -2.20. The molecule has 318 valence electrons. The van der Waals surface area contributed by atoms with Crippen molar-refractivity contribution in [1.29, 1.82) is 21.0 Å². The van der Waals surface area contributed by atoms with E-state index >= 15 is 13.2 Å². The highest BCUT2D eigenvalue weighted by molar-refractivity contribution is 6.12. The number of hydrogen-bond acceptors (Lipinski definition) is 7. The Labute approximate surface area is 385 Å². The molecule has 12 heteroatoms. The predicted octanol–water partition coefficient (Wildman–Crippen LogP) is 13.2. The van der Waals surface area contributed by atoms with Crippen molar-refractivity contribution in [2.45, 2.75) is 6.18 Å². The fraction of sp³-hybridized carbons (Fsp3) is 0.0179. The Kier molecular flexibility index (Phi) is 9.60. The molecule has 0 aliphatic rings. The minimum atomic E-state index is -4.76. The van der Waals surface area contributed by atoms with E-state index in [1.165, 1.54) is 6.07 Å². The molecule has 0 saturated carbocycles. The molecule has 0 unspecified atom stereocenters.